The normalized spacial score (nSPS) is 20.9. The number of piperazine rings is 1. The molecule has 1 atom stereocenters. The van der Waals surface area contributed by atoms with Crippen molar-refractivity contribution in [2.24, 2.45) is 0 Å². The Balaban J connectivity index is 2.09. The minimum Gasteiger partial charge on any atom is -0.480 e. The van der Waals surface area contributed by atoms with Gasteiger partial charge >= 0.3 is 5.97 Å². The van der Waals surface area contributed by atoms with E-state index >= 15 is 0 Å². The van der Waals surface area contributed by atoms with Crippen molar-refractivity contribution < 1.29 is 14.7 Å². The number of rotatable bonds is 3. The van der Waals surface area contributed by atoms with Crippen LogP contribution in [0, 0.1) is 0 Å². The van der Waals surface area contributed by atoms with Crippen LogP contribution < -0.4 is 5.32 Å². The third kappa shape index (κ3) is 3.04. The summed E-state index contributed by atoms with van der Waals surface area (Å²) in [5.74, 6) is -1.04. The average Bonchev–Trinajstić information content (AvgIpc) is 2.28. The van der Waals surface area contributed by atoms with Crippen LogP contribution in [0.25, 0.3) is 0 Å². The molecule has 1 aromatic rings. The van der Waals surface area contributed by atoms with Crippen LogP contribution in [0.15, 0.2) is 30.3 Å². The van der Waals surface area contributed by atoms with Crippen molar-refractivity contribution in [1.29, 1.82) is 0 Å². The highest BCUT2D eigenvalue weighted by atomic mass is 16.4. The molecule has 0 unspecified atom stereocenters. The zero-order chi connectivity index (χ0) is 12.3. The highest BCUT2D eigenvalue weighted by Crippen LogP contribution is 2.16. The van der Waals surface area contributed by atoms with Crippen LogP contribution in [-0.4, -0.2) is 41.5 Å². The molecule has 0 spiro atoms. The lowest BCUT2D eigenvalue weighted by Crippen LogP contribution is -2.50. The smallest absolute Gasteiger partial charge is 0.317 e. The molecule has 0 aromatic heterocycles. The number of nitrogens with zero attached hydrogens (tertiary/aromatic N) is 1. The minimum absolute atomic E-state index is 0.100. The molecule has 90 valence electrons. The van der Waals surface area contributed by atoms with Crippen LogP contribution in [0.4, 0.5) is 0 Å². The summed E-state index contributed by atoms with van der Waals surface area (Å²) in [6.07, 6.45) is 0. The molecule has 1 aliphatic rings. The van der Waals surface area contributed by atoms with Crippen LogP contribution in [0.3, 0.4) is 0 Å². The average molecular weight is 234 g/mol. The molecule has 0 radical (unpaired) electrons. The molecule has 1 aromatic carbocycles. The van der Waals surface area contributed by atoms with Crippen LogP contribution in [0.1, 0.15) is 11.6 Å². The number of carboxylic acids is 1. The summed E-state index contributed by atoms with van der Waals surface area (Å²) in [6.45, 7) is 0.578. The van der Waals surface area contributed by atoms with Crippen molar-refractivity contribution in [3.8, 4) is 0 Å². The molecule has 2 N–H and O–H groups in total. The van der Waals surface area contributed by atoms with Gasteiger partial charge in [0.1, 0.15) is 0 Å². The van der Waals surface area contributed by atoms with Gasteiger partial charge in [-0.25, -0.2) is 0 Å². The number of nitrogens with one attached hydrogen (secondary N) is 1. The summed E-state index contributed by atoms with van der Waals surface area (Å²) < 4.78 is 0. The summed E-state index contributed by atoms with van der Waals surface area (Å²) in [5, 5.41) is 11.6. The fraction of sp³-hybridized carbons (Fsp3) is 0.333. The van der Waals surface area contributed by atoms with Gasteiger partial charge in [-0.1, -0.05) is 30.3 Å². The van der Waals surface area contributed by atoms with Crippen molar-refractivity contribution in [3.05, 3.63) is 35.9 Å². The highest BCUT2D eigenvalue weighted by molar-refractivity contribution is 5.80. The van der Waals surface area contributed by atoms with Gasteiger partial charge in [0.05, 0.1) is 19.1 Å². The Morgan fingerprint density at radius 1 is 1.41 bits per heavy atom. The Bertz CT molecular complexity index is 417. The Morgan fingerprint density at radius 2 is 2.12 bits per heavy atom. The second-order valence-corrected chi connectivity index (χ2v) is 4.09. The van der Waals surface area contributed by atoms with Gasteiger partial charge < -0.3 is 10.4 Å². The number of aliphatic carboxylic acids is 1. The van der Waals surface area contributed by atoms with Crippen molar-refractivity contribution in [2.75, 3.05) is 19.6 Å². The fourth-order valence-electron chi connectivity index (χ4n) is 2.00. The van der Waals surface area contributed by atoms with Gasteiger partial charge in [0.25, 0.3) is 0 Å². The van der Waals surface area contributed by atoms with Gasteiger partial charge in [-0.15, -0.1) is 0 Å². The van der Waals surface area contributed by atoms with E-state index in [0.29, 0.717) is 6.54 Å². The van der Waals surface area contributed by atoms with E-state index in [0.717, 1.165) is 5.56 Å². The van der Waals surface area contributed by atoms with Crippen molar-refractivity contribution in [3.63, 3.8) is 0 Å². The molecule has 1 amide bonds. The first-order chi connectivity index (χ1) is 8.15. The third-order valence-corrected chi connectivity index (χ3v) is 2.70. The van der Waals surface area contributed by atoms with Crippen LogP contribution in [0.5, 0.6) is 0 Å². The summed E-state index contributed by atoms with van der Waals surface area (Å²) in [4.78, 5) is 23.8. The molecule has 5 nitrogen and oxygen atoms in total. The van der Waals surface area contributed by atoms with Crippen LogP contribution in [0.2, 0.25) is 0 Å². The highest BCUT2D eigenvalue weighted by Gasteiger charge is 2.26. The molecular formula is C12H14N2O3. The summed E-state index contributed by atoms with van der Waals surface area (Å²) >= 11 is 0. The molecule has 1 fully saturated rings. The van der Waals surface area contributed by atoms with E-state index in [1.807, 2.05) is 30.3 Å². The number of hydrogen-bond donors (Lipinski definition) is 2. The Kier molecular flexibility index (Phi) is 3.39. The maximum atomic E-state index is 11.5. The topological polar surface area (TPSA) is 69.6 Å². The van der Waals surface area contributed by atoms with Gasteiger partial charge in [0.15, 0.2) is 0 Å². The Labute approximate surface area is 99.0 Å². The monoisotopic (exact) mass is 234 g/mol. The summed E-state index contributed by atoms with van der Waals surface area (Å²) in [6, 6.07) is 9.43. The summed E-state index contributed by atoms with van der Waals surface area (Å²) in [5.41, 5.74) is 0.996. The lowest BCUT2D eigenvalue weighted by molar-refractivity contribution is -0.139. The predicted molar refractivity (Wildman–Crippen MR) is 61.4 cm³/mol. The first kappa shape index (κ1) is 11.6. The predicted octanol–water partition coefficient (Wildman–Crippen LogP) is 0.244. The number of carbonyl (C=O) groups is 2. The number of carboxylic acid groups (broad SMARTS) is 1. The Morgan fingerprint density at radius 3 is 2.76 bits per heavy atom. The first-order valence-corrected chi connectivity index (χ1v) is 5.43. The van der Waals surface area contributed by atoms with E-state index in [-0.39, 0.29) is 25.0 Å². The second kappa shape index (κ2) is 4.97. The van der Waals surface area contributed by atoms with E-state index in [9.17, 15) is 9.59 Å². The lowest BCUT2D eigenvalue weighted by atomic mass is 10.0. The van der Waals surface area contributed by atoms with Gasteiger partial charge in [0, 0.05) is 6.54 Å². The van der Waals surface area contributed by atoms with E-state index in [1.54, 1.807) is 4.90 Å². The first-order valence-electron chi connectivity index (χ1n) is 5.43. The van der Waals surface area contributed by atoms with E-state index in [4.69, 9.17) is 5.11 Å². The second-order valence-electron chi connectivity index (χ2n) is 4.09. The third-order valence-electron chi connectivity index (χ3n) is 2.70. The van der Waals surface area contributed by atoms with Gasteiger partial charge in [-0.05, 0) is 5.56 Å². The molecule has 1 saturated heterocycles. The van der Waals surface area contributed by atoms with Crippen LogP contribution >= 0.6 is 0 Å². The molecule has 5 heteroatoms. The van der Waals surface area contributed by atoms with Gasteiger partial charge in [0.2, 0.25) is 5.91 Å². The number of benzene rings is 1. The number of hydrogen-bond acceptors (Lipinski definition) is 3. The zero-order valence-corrected chi connectivity index (χ0v) is 9.30. The standard InChI is InChI=1S/C12H14N2O3/c15-11-7-14(8-12(16)17)6-10(13-11)9-4-2-1-3-5-9/h1-5,10H,6-8H2,(H,13,15)(H,16,17)/t10-/m0/s1. The van der Waals surface area contributed by atoms with E-state index in [1.165, 1.54) is 0 Å². The Hall–Kier alpha value is -1.88. The molecule has 0 bridgehead atoms. The molecule has 2 rings (SSSR count). The fourth-order valence-corrected chi connectivity index (χ4v) is 2.00. The maximum Gasteiger partial charge on any atom is 0.317 e. The molecular weight excluding hydrogens is 220 g/mol. The number of carbonyl (C=O) groups excluding carboxylic acids is 1. The maximum absolute atomic E-state index is 11.5. The SMILES string of the molecule is O=C(O)CN1CC(=O)N[C@H](c2ccccc2)C1. The molecule has 1 heterocycles. The zero-order valence-electron chi connectivity index (χ0n) is 9.30. The van der Waals surface area contributed by atoms with Gasteiger partial charge in [-0.2, -0.15) is 0 Å². The van der Waals surface area contributed by atoms with Crippen molar-refractivity contribution in [1.82, 2.24) is 10.2 Å². The number of amides is 1. The molecule has 1 aliphatic heterocycles. The molecule has 0 saturated carbocycles. The molecule has 17 heavy (non-hydrogen) atoms. The van der Waals surface area contributed by atoms with Crippen molar-refractivity contribution in [2.45, 2.75) is 6.04 Å². The van der Waals surface area contributed by atoms with Gasteiger partial charge in [-0.3, -0.25) is 14.5 Å². The quantitative estimate of drug-likeness (QED) is 0.786. The van der Waals surface area contributed by atoms with Crippen LogP contribution in [-0.2, 0) is 9.59 Å². The molecule has 0 aliphatic carbocycles. The van der Waals surface area contributed by atoms with E-state index < -0.39 is 5.97 Å². The minimum atomic E-state index is -0.911. The largest absolute Gasteiger partial charge is 0.480 e. The van der Waals surface area contributed by atoms with E-state index in [2.05, 4.69) is 5.32 Å². The van der Waals surface area contributed by atoms with Crippen molar-refractivity contribution >= 4 is 11.9 Å². The lowest BCUT2D eigenvalue weighted by Gasteiger charge is -2.32. The summed E-state index contributed by atoms with van der Waals surface area (Å²) in [7, 11) is 0.